The maximum atomic E-state index is 11.1. The molecule has 0 unspecified atom stereocenters. The molecular formula is C13H16N4O3. The van der Waals surface area contributed by atoms with Crippen LogP contribution in [0.25, 0.3) is 0 Å². The van der Waals surface area contributed by atoms with Gasteiger partial charge in [-0.05, 0) is 12.1 Å². The Morgan fingerprint density at radius 1 is 1.50 bits per heavy atom. The van der Waals surface area contributed by atoms with Crippen molar-refractivity contribution in [3.8, 4) is 11.8 Å². The Bertz CT molecular complexity index is 535. The van der Waals surface area contributed by atoms with E-state index in [0.717, 1.165) is 26.2 Å². The number of nitrogens with zero attached hydrogens (tertiary/aromatic N) is 3. The van der Waals surface area contributed by atoms with Gasteiger partial charge in [-0.2, -0.15) is 5.26 Å². The van der Waals surface area contributed by atoms with E-state index < -0.39 is 4.92 Å². The molecule has 0 saturated carbocycles. The second kappa shape index (κ2) is 6.32. The van der Waals surface area contributed by atoms with E-state index >= 15 is 0 Å². The molecule has 1 aromatic carbocycles. The molecule has 0 amide bonds. The topological polar surface area (TPSA) is 102 Å². The fourth-order valence-electron chi connectivity index (χ4n) is 2.49. The molecule has 20 heavy (non-hydrogen) atoms. The lowest BCUT2D eigenvalue weighted by Gasteiger charge is -2.33. The van der Waals surface area contributed by atoms with E-state index in [-0.39, 0.29) is 23.9 Å². The van der Waals surface area contributed by atoms with E-state index in [1.807, 2.05) is 4.90 Å². The number of aromatic hydroxyl groups is 1. The van der Waals surface area contributed by atoms with Crippen molar-refractivity contribution in [2.45, 2.75) is 12.5 Å². The summed E-state index contributed by atoms with van der Waals surface area (Å²) in [4.78, 5) is 12.7. The number of nitro benzene ring substituents is 1. The van der Waals surface area contributed by atoms with Crippen LogP contribution in [0.15, 0.2) is 18.2 Å². The summed E-state index contributed by atoms with van der Waals surface area (Å²) >= 11 is 0. The van der Waals surface area contributed by atoms with Gasteiger partial charge in [0.2, 0.25) is 0 Å². The number of hydrogen-bond donors (Lipinski definition) is 2. The largest absolute Gasteiger partial charge is 0.508 e. The van der Waals surface area contributed by atoms with E-state index in [1.54, 1.807) is 0 Å². The predicted molar refractivity (Wildman–Crippen MR) is 72.2 cm³/mol. The van der Waals surface area contributed by atoms with Gasteiger partial charge in [0, 0.05) is 32.2 Å². The third kappa shape index (κ3) is 3.04. The van der Waals surface area contributed by atoms with Gasteiger partial charge in [0.25, 0.3) is 5.69 Å². The molecule has 1 aliphatic heterocycles. The fourth-order valence-corrected chi connectivity index (χ4v) is 2.49. The summed E-state index contributed by atoms with van der Waals surface area (Å²) in [6.45, 7) is 3.02. The third-order valence-corrected chi connectivity index (χ3v) is 3.44. The highest BCUT2D eigenvalue weighted by atomic mass is 16.6. The van der Waals surface area contributed by atoms with E-state index in [9.17, 15) is 15.2 Å². The van der Waals surface area contributed by atoms with Crippen molar-refractivity contribution in [3.05, 3.63) is 33.9 Å². The highest BCUT2D eigenvalue weighted by Crippen LogP contribution is 2.34. The van der Waals surface area contributed by atoms with Crippen LogP contribution in [0.2, 0.25) is 0 Å². The van der Waals surface area contributed by atoms with Crippen LogP contribution in [0, 0.1) is 21.4 Å². The summed E-state index contributed by atoms with van der Waals surface area (Å²) in [7, 11) is 0. The first-order valence-corrected chi connectivity index (χ1v) is 6.42. The summed E-state index contributed by atoms with van der Waals surface area (Å²) in [5.74, 6) is -0.0244. The zero-order valence-corrected chi connectivity index (χ0v) is 11.0. The maximum Gasteiger partial charge on any atom is 0.274 e. The number of phenolic OH excluding ortho intramolecular Hbond substituents is 1. The second-order valence-electron chi connectivity index (χ2n) is 4.66. The molecule has 7 nitrogen and oxygen atoms in total. The van der Waals surface area contributed by atoms with Crippen LogP contribution < -0.4 is 5.32 Å². The summed E-state index contributed by atoms with van der Waals surface area (Å²) < 4.78 is 0. The van der Waals surface area contributed by atoms with Crippen molar-refractivity contribution in [1.82, 2.24) is 10.2 Å². The predicted octanol–water partition coefficient (Wildman–Crippen LogP) is 1.16. The Kier molecular flexibility index (Phi) is 4.50. The van der Waals surface area contributed by atoms with Gasteiger partial charge in [0.15, 0.2) is 0 Å². The van der Waals surface area contributed by atoms with Crippen molar-refractivity contribution >= 4 is 5.69 Å². The SMILES string of the molecule is N#CC[C@@H](c1cc(O)ccc1[N+](=O)[O-])N1CCNCC1. The lowest BCUT2D eigenvalue weighted by atomic mass is 9.99. The fraction of sp³-hybridized carbons (Fsp3) is 0.462. The van der Waals surface area contributed by atoms with Crippen LogP contribution in [0.3, 0.4) is 0 Å². The Balaban J connectivity index is 2.39. The first-order chi connectivity index (χ1) is 9.63. The molecule has 1 heterocycles. The molecular weight excluding hydrogens is 260 g/mol. The normalized spacial score (nSPS) is 17.4. The van der Waals surface area contributed by atoms with Crippen LogP contribution >= 0.6 is 0 Å². The number of piperazine rings is 1. The molecule has 2 rings (SSSR count). The van der Waals surface area contributed by atoms with E-state index in [2.05, 4.69) is 11.4 Å². The molecule has 7 heteroatoms. The summed E-state index contributed by atoms with van der Waals surface area (Å²) in [6.07, 6.45) is 0.157. The van der Waals surface area contributed by atoms with Gasteiger partial charge in [-0.3, -0.25) is 15.0 Å². The van der Waals surface area contributed by atoms with E-state index in [4.69, 9.17) is 5.26 Å². The maximum absolute atomic E-state index is 11.1. The first-order valence-electron chi connectivity index (χ1n) is 6.42. The van der Waals surface area contributed by atoms with Gasteiger partial charge in [0.1, 0.15) is 5.75 Å². The van der Waals surface area contributed by atoms with E-state index in [1.165, 1.54) is 18.2 Å². The average Bonchev–Trinajstić information content (AvgIpc) is 2.45. The van der Waals surface area contributed by atoms with Gasteiger partial charge < -0.3 is 10.4 Å². The minimum atomic E-state index is -0.471. The number of rotatable bonds is 4. The molecule has 0 aliphatic carbocycles. The Morgan fingerprint density at radius 2 is 2.20 bits per heavy atom. The number of nitriles is 1. The molecule has 1 aromatic rings. The van der Waals surface area contributed by atoms with Crippen LogP contribution in [0.1, 0.15) is 18.0 Å². The summed E-state index contributed by atoms with van der Waals surface area (Å²) in [6, 6.07) is 5.69. The number of benzene rings is 1. The van der Waals surface area contributed by atoms with Crippen molar-refractivity contribution in [2.75, 3.05) is 26.2 Å². The molecule has 1 aliphatic rings. The lowest BCUT2D eigenvalue weighted by Crippen LogP contribution is -2.45. The van der Waals surface area contributed by atoms with Crippen LogP contribution in [0.4, 0.5) is 5.69 Å². The number of hydrogen-bond acceptors (Lipinski definition) is 6. The van der Waals surface area contributed by atoms with Gasteiger partial charge in [-0.15, -0.1) is 0 Å². The minimum absolute atomic E-state index is 0.0244. The van der Waals surface area contributed by atoms with Crippen molar-refractivity contribution in [1.29, 1.82) is 5.26 Å². The molecule has 2 N–H and O–H groups in total. The van der Waals surface area contributed by atoms with Crippen LogP contribution in [-0.4, -0.2) is 41.1 Å². The molecule has 0 aromatic heterocycles. The second-order valence-corrected chi connectivity index (χ2v) is 4.66. The van der Waals surface area contributed by atoms with Gasteiger partial charge in [-0.1, -0.05) is 0 Å². The van der Waals surface area contributed by atoms with Crippen molar-refractivity contribution < 1.29 is 10.0 Å². The van der Waals surface area contributed by atoms with Crippen molar-refractivity contribution in [2.24, 2.45) is 0 Å². The number of nitro groups is 1. The standard InChI is InChI=1S/C13H16N4O3/c14-4-3-12(16-7-5-15-6-8-16)11-9-10(18)1-2-13(11)17(19)20/h1-2,9,12,15,18H,3,5-8H2/t12-/m0/s1. The average molecular weight is 276 g/mol. The molecule has 0 bridgehead atoms. The van der Waals surface area contributed by atoms with Crippen LogP contribution in [-0.2, 0) is 0 Å². The van der Waals surface area contributed by atoms with Crippen LogP contribution in [0.5, 0.6) is 5.75 Å². The number of nitrogens with one attached hydrogen (secondary N) is 1. The molecule has 1 atom stereocenters. The molecule has 0 spiro atoms. The highest BCUT2D eigenvalue weighted by molar-refractivity contribution is 5.47. The minimum Gasteiger partial charge on any atom is -0.508 e. The first kappa shape index (κ1) is 14.2. The monoisotopic (exact) mass is 276 g/mol. The highest BCUT2D eigenvalue weighted by Gasteiger charge is 2.28. The van der Waals surface area contributed by atoms with Gasteiger partial charge in [-0.25, -0.2) is 0 Å². The summed E-state index contributed by atoms with van der Waals surface area (Å²) in [5, 5.41) is 32.9. The third-order valence-electron chi connectivity index (χ3n) is 3.44. The zero-order valence-electron chi connectivity index (χ0n) is 11.0. The van der Waals surface area contributed by atoms with Gasteiger partial charge >= 0.3 is 0 Å². The quantitative estimate of drug-likeness (QED) is 0.632. The number of phenols is 1. The van der Waals surface area contributed by atoms with Gasteiger partial charge in [0.05, 0.1) is 29.0 Å². The molecule has 1 saturated heterocycles. The Labute approximate surface area is 116 Å². The van der Waals surface area contributed by atoms with E-state index in [0.29, 0.717) is 5.56 Å². The zero-order chi connectivity index (χ0) is 14.5. The summed E-state index contributed by atoms with van der Waals surface area (Å²) in [5.41, 5.74) is 0.347. The molecule has 0 radical (unpaired) electrons. The Hall–Kier alpha value is -2.17. The smallest absolute Gasteiger partial charge is 0.274 e. The van der Waals surface area contributed by atoms with Crippen molar-refractivity contribution in [3.63, 3.8) is 0 Å². The molecule has 106 valence electrons. The molecule has 1 fully saturated rings. The Morgan fingerprint density at radius 3 is 2.80 bits per heavy atom. The lowest BCUT2D eigenvalue weighted by molar-refractivity contribution is -0.386.